The van der Waals surface area contributed by atoms with Crippen LogP contribution in [0, 0.1) is 0 Å². The summed E-state index contributed by atoms with van der Waals surface area (Å²) in [6.45, 7) is 0. The smallest absolute Gasteiger partial charge is 0.237 e. The van der Waals surface area contributed by atoms with Crippen LogP contribution in [0.3, 0.4) is 0 Å². The van der Waals surface area contributed by atoms with E-state index >= 15 is 0 Å². The number of hydrogen-bond donors (Lipinski definition) is 1. The van der Waals surface area contributed by atoms with Crippen LogP contribution >= 0.6 is 0 Å². The van der Waals surface area contributed by atoms with Gasteiger partial charge in [0.1, 0.15) is 11.9 Å². The zero-order valence-electron chi connectivity index (χ0n) is 7.71. The summed E-state index contributed by atoms with van der Waals surface area (Å²) in [6.07, 6.45) is 1.54. The van der Waals surface area contributed by atoms with E-state index < -0.39 is 0 Å². The van der Waals surface area contributed by atoms with Crippen LogP contribution in [-0.2, 0) is 7.05 Å². The average Bonchev–Trinajstić information content (AvgIpc) is 2.52. The summed E-state index contributed by atoms with van der Waals surface area (Å²) in [7, 11) is 1.76. The Bertz CT molecular complexity index is 438. The highest BCUT2D eigenvalue weighted by molar-refractivity contribution is 5.44. The summed E-state index contributed by atoms with van der Waals surface area (Å²) in [5, 5.41) is 7.44. The number of ether oxygens (including phenoxy) is 1. The average molecular weight is 190 g/mol. The third-order valence-electron chi connectivity index (χ3n) is 1.75. The predicted octanol–water partition coefficient (Wildman–Crippen LogP) is 1.19. The van der Waals surface area contributed by atoms with Gasteiger partial charge in [0.2, 0.25) is 5.88 Å². The van der Waals surface area contributed by atoms with Crippen molar-refractivity contribution in [1.82, 2.24) is 15.0 Å². The number of nitrogens with zero attached hydrogens (tertiary/aromatic N) is 3. The summed E-state index contributed by atoms with van der Waals surface area (Å²) in [6, 6.07) is 7.19. The number of aromatic nitrogens is 3. The molecule has 14 heavy (non-hydrogen) atoms. The lowest BCUT2D eigenvalue weighted by Gasteiger charge is -2.04. The van der Waals surface area contributed by atoms with Gasteiger partial charge in [0.15, 0.2) is 0 Å². The first-order valence-corrected chi connectivity index (χ1v) is 4.14. The van der Waals surface area contributed by atoms with Crippen LogP contribution in [0.25, 0.3) is 0 Å². The molecule has 0 aliphatic rings. The number of nitrogens with two attached hydrogens (primary N) is 1. The van der Waals surface area contributed by atoms with Crippen molar-refractivity contribution in [2.24, 2.45) is 7.05 Å². The minimum atomic E-state index is 0.579. The second-order valence-electron chi connectivity index (χ2n) is 2.87. The second kappa shape index (κ2) is 3.37. The Balaban J connectivity index is 2.23. The van der Waals surface area contributed by atoms with Gasteiger partial charge in [-0.3, -0.25) is 0 Å². The number of aryl methyl sites for hydroxylation is 1. The third-order valence-corrected chi connectivity index (χ3v) is 1.75. The molecule has 1 aromatic heterocycles. The Labute approximate surface area is 81.1 Å². The molecule has 1 heterocycles. The van der Waals surface area contributed by atoms with Gasteiger partial charge in [0.25, 0.3) is 0 Å². The Morgan fingerprint density at radius 2 is 2.29 bits per heavy atom. The third kappa shape index (κ3) is 1.66. The molecule has 0 fully saturated rings. The summed E-state index contributed by atoms with van der Waals surface area (Å²) < 4.78 is 7.03. The first kappa shape index (κ1) is 8.55. The predicted molar refractivity (Wildman–Crippen MR) is 51.9 cm³/mol. The number of anilines is 1. The van der Waals surface area contributed by atoms with Gasteiger partial charge in [-0.05, 0) is 12.1 Å². The van der Waals surface area contributed by atoms with Gasteiger partial charge >= 0.3 is 0 Å². The highest BCUT2D eigenvalue weighted by Gasteiger charge is 2.01. The summed E-state index contributed by atoms with van der Waals surface area (Å²) >= 11 is 0. The fourth-order valence-electron chi connectivity index (χ4n) is 1.07. The Morgan fingerprint density at radius 3 is 2.93 bits per heavy atom. The number of nitrogen functional groups attached to an aromatic ring is 1. The zero-order chi connectivity index (χ0) is 9.97. The van der Waals surface area contributed by atoms with Crippen LogP contribution in [-0.4, -0.2) is 15.0 Å². The molecule has 0 saturated heterocycles. The van der Waals surface area contributed by atoms with Crippen molar-refractivity contribution < 1.29 is 4.74 Å². The van der Waals surface area contributed by atoms with Gasteiger partial charge in [-0.15, -0.1) is 5.10 Å². The van der Waals surface area contributed by atoms with E-state index in [0.717, 1.165) is 0 Å². The SMILES string of the molecule is Cn1nncc1Oc1cccc(N)c1. The minimum Gasteiger partial charge on any atom is -0.438 e. The fraction of sp³-hybridized carbons (Fsp3) is 0.111. The first-order valence-electron chi connectivity index (χ1n) is 4.14. The molecular weight excluding hydrogens is 180 g/mol. The van der Waals surface area contributed by atoms with Crippen LogP contribution in [0.1, 0.15) is 0 Å². The van der Waals surface area contributed by atoms with Crippen molar-refractivity contribution in [3.05, 3.63) is 30.5 Å². The molecule has 2 N–H and O–H groups in total. The Morgan fingerprint density at radius 1 is 1.43 bits per heavy atom. The Hall–Kier alpha value is -2.04. The second-order valence-corrected chi connectivity index (χ2v) is 2.87. The highest BCUT2D eigenvalue weighted by Crippen LogP contribution is 2.21. The van der Waals surface area contributed by atoms with Crippen molar-refractivity contribution in [2.75, 3.05) is 5.73 Å². The molecule has 2 rings (SSSR count). The van der Waals surface area contributed by atoms with Crippen molar-refractivity contribution in [3.8, 4) is 11.6 Å². The van der Waals surface area contributed by atoms with Gasteiger partial charge in [0.05, 0.1) is 0 Å². The molecule has 0 amide bonds. The normalized spacial score (nSPS) is 10.1. The molecule has 72 valence electrons. The maximum atomic E-state index is 5.61. The molecule has 1 aromatic carbocycles. The molecular formula is C9H10N4O. The van der Waals surface area contributed by atoms with Crippen LogP contribution in [0.15, 0.2) is 30.5 Å². The summed E-state index contributed by atoms with van der Waals surface area (Å²) in [5.41, 5.74) is 6.27. The van der Waals surface area contributed by atoms with Crippen LogP contribution in [0.2, 0.25) is 0 Å². The maximum absolute atomic E-state index is 5.61. The molecule has 0 radical (unpaired) electrons. The van der Waals surface area contributed by atoms with Gasteiger partial charge in [-0.2, -0.15) is 0 Å². The van der Waals surface area contributed by atoms with Gasteiger partial charge in [0, 0.05) is 18.8 Å². The lowest BCUT2D eigenvalue weighted by Crippen LogP contribution is -1.95. The Kier molecular flexibility index (Phi) is 2.06. The number of hydrogen-bond acceptors (Lipinski definition) is 4. The molecule has 0 aliphatic carbocycles. The largest absolute Gasteiger partial charge is 0.438 e. The van der Waals surface area contributed by atoms with E-state index in [0.29, 0.717) is 17.3 Å². The molecule has 0 bridgehead atoms. The van der Waals surface area contributed by atoms with Crippen LogP contribution in [0.4, 0.5) is 5.69 Å². The lowest BCUT2D eigenvalue weighted by molar-refractivity contribution is 0.430. The summed E-state index contributed by atoms with van der Waals surface area (Å²) in [5.74, 6) is 1.26. The number of benzene rings is 1. The van der Waals surface area contributed by atoms with Crippen molar-refractivity contribution in [3.63, 3.8) is 0 Å². The van der Waals surface area contributed by atoms with E-state index in [-0.39, 0.29) is 0 Å². The molecule has 0 atom stereocenters. The first-order chi connectivity index (χ1) is 6.75. The number of rotatable bonds is 2. The molecule has 2 aromatic rings. The fourth-order valence-corrected chi connectivity index (χ4v) is 1.07. The van der Waals surface area contributed by atoms with E-state index in [2.05, 4.69) is 10.3 Å². The lowest BCUT2D eigenvalue weighted by atomic mass is 10.3. The van der Waals surface area contributed by atoms with Crippen molar-refractivity contribution in [1.29, 1.82) is 0 Å². The molecule has 0 unspecified atom stereocenters. The zero-order valence-corrected chi connectivity index (χ0v) is 7.71. The van der Waals surface area contributed by atoms with Crippen LogP contribution < -0.4 is 10.5 Å². The van der Waals surface area contributed by atoms with Gasteiger partial charge < -0.3 is 10.5 Å². The van der Waals surface area contributed by atoms with E-state index in [1.165, 1.54) is 0 Å². The van der Waals surface area contributed by atoms with Gasteiger partial charge in [-0.25, -0.2) is 4.68 Å². The quantitative estimate of drug-likeness (QED) is 0.722. The van der Waals surface area contributed by atoms with E-state index in [1.54, 1.807) is 30.1 Å². The monoisotopic (exact) mass is 190 g/mol. The molecule has 0 saturated carbocycles. The molecule has 0 spiro atoms. The van der Waals surface area contributed by atoms with Gasteiger partial charge in [-0.1, -0.05) is 11.3 Å². The molecule has 5 nitrogen and oxygen atoms in total. The van der Waals surface area contributed by atoms with Crippen LogP contribution in [0.5, 0.6) is 11.6 Å². The molecule has 5 heteroatoms. The van der Waals surface area contributed by atoms with E-state index in [9.17, 15) is 0 Å². The maximum Gasteiger partial charge on any atom is 0.237 e. The minimum absolute atomic E-state index is 0.579. The van der Waals surface area contributed by atoms with E-state index in [1.807, 2.05) is 12.1 Å². The topological polar surface area (TPSA) is 66.0 Å². The van der Waals surface area contributed by atoms with Crippen molar-refractivity contribution in [2.45, 2.75) is 0 Å². The standard InChI is InChI=1S/C9H10N4O/c1-13-9(6-11-12-13)14-8-4-2-3-7(10)5-8/h2-6H,10H2,1H3. The molecule has 0 aliphatic heterocycles. The van der Waals surface area contributed by atoms with Crippen molar-refractivity contribution >= 4 is 5.69 Å². The van der Waals surface area contributed by atoms with E-state index in [4.69, 9.17) is 10.5 Å². The summed E-state index contributed by atoms with van der Waals surface area (Å²) in [4.78, 5) is 0. The highest BCUT2D eigenvalue weighted by atomic mass is 16.5.